The number of esters is 1. The first-order chi connectivity index (χ1) is 12.5. The van der Waals surface area contributed by atoms with Crippen LogP contribution in [-0.4, -0.2) is 47.4 Å². The number of aromatic nitrogens is 2. The molecule has 0 aliphatic carbocycles. The number of thioether (sulfide) groups is 1. The van der Waals surface area contributed by atoms with Crippen molar-refractivity contribution in [2.45, 2.75) is 38.4 Å². The molecule has 7 nitrogen and oxygen atoms in total. The number of imidazole rings is 1. The molecule has 1 aromatic carbocycles. The third-order valence-corrected chi connectivity index (χ3v) is 4.94. The zero-order valence-corrected chi connectivity index (χ0v) is 16.3. The van der Waals surface area contributed by atoms with Crippen molar-refractivity contribution >= 4 is 34.7 Å². The Labute approximate surface area is 157 Å². The van der Waals surface area contributed by atoms with Crippen LogP contribution in [0.3, 0.4) is 0 Å². The molecule has 2 aromatic rings. The van der Waals surface area contributed by atoms with Gasteiger partial charge in [0, 0.05) is 6.07 Å². The van der Waals surface area contributed by atoms with Gasteiger partial charge in [-0.05, 0) is 25.0 Å². The van der Waals surface area contributed by atoms with Gasteiger partial charge in [0.1, 0.15) is 11.8 Å². The summed E-state index contributed by atoms with van der Waals surface area (Å²) in [4.78, 5) is 31.7. The quantitative estimate of drug-likeness (QED) is 0.514. The predicted molar refractivity (Wildman–Crippen MR) is 101 cm³/mol. The van der Waals surface area contributed by atoms with Gasteiger partial charge >= 0.3 is 5.97 Å². The number of aromatic amines is 1. The first kappa shape index (κ1) is 20.1. The summed E-state index contributed by atoms with van der Waals surface area (Å²) in [5.41, 5.74) is 1.66. The van der Waals surface area contributed by atoms with E-state index in [1.807, 2.05) is 39.0 Å². The highest BCUT2D eigenvalue weighted by Crippen LogP contribution is 2.23. The minimum Gasteiger partial charge on any atom is -0.494 e. The number of fused-ring (bicyclic) bond motifs is 1. The molecule has 26 heavy (non-hydrogen) atoms. The molecule has 0 aliphatic heterocycles. The number of benzene rings is 1. The number of hydrogen-bond acceptors (Lipinski definition) is 6. The van der Waals surface area contributed by atoms with Gasteiger partial charge in [0.2, 0.25) is 5.91 Å². The van der Waals surface area contributed by atoms with Crippen LogP contribution >= 0.6 is 11.8 Å². The second-order valence-corrected chi connectivity index (χ2v) is 6.86. The zero-order chi connectivity index (χ0) is 19.1. The minimum absolute atomic E-state index is 0.000382. The fourth-order valence-electron chi connectivity index (χ4n) is 2.44. The summed E-state index contributed by atoms with van der Waals surface area (Å²) < 4.78 is 10.2. The lowest BCUT2D eigenvalue weighted by molar-refractivity contribution is -0.146. The van der Waals surface area contributed by atoms with E-state index in [1.165, 1.54) is 18.9 Å². The third kappa shape index (κ3) is 5.14. The number of nitrogens with zero attached hydrogens (tertiary/aromatic N) is 1. The first-order valence-corrected chi connectivity index (χ1v) is 9.59. The molecule has 0 radical (unpaired) electrons. The Bertz CT molecular complexity index is 762. The smallest absolute Gasteiger partial charge is 0.328 e. The molecular formula is C18H25N3O4S. The van der Waals surface area contributed by atoms with Crippen molar-refractivity contribution < 1.29 is 19.1 Å². The Hall–Kier alpha value is -2.22. The third-order valence-electron chi connectivity index (χ3n) is 4.07. The fraction of sp³-hybridized carbons (Fsp3) is 0.500. The van der Waals surface area contributed by atoms with Crippen LogP contribution in [-0.2, 0) is 14.3 Å². The van der Waals surface area contributed by atoms with Crippen LogP contribution in [0.15, 0.2) is 23.4 Å². The number of hydrogen-bond donors (Lipinski definition) is 2. The average Bonchev–Trinajstić information content (AvgIpc) is 3.05. The zero-order valence-electron chi connectivity index (χ0n) is 15.5. The SMILES string of the molecule is CCOc1ccc2nc(SCC(=O)N[C@H](C(=O)OC)[C@H](C)CC)[nH]c2c1. The standard InChI is InChI=1S/C18H25N3O4S/c1-5-11(3)16(17(23)24-4)21-15(22)10-26-18-19-13-8-7-12(25-6-2)9-14(13)20-18/h7-9,11,16H,5-6,10H2,1-4H3,(H,19,20)(H,21,22)/t11-,16+/m1/s1. The highest BCUT2D eigenvalue weighted by Gasteiger charge is 2.26. The van der Waals surface area contributed by atoms with E-state index in [-0.39, 0.29) is 17.6 Å². The number of rotatable bonds is 9. The van der Waals surface area contributed by atoms with Crippen molar-refractivity contribution in [1.82, 2.24) is 15.3 Å². The summed E-state index contributed by atoms with van der Waals surface area (Å²) in [6, 6.07) is 4.98. The van der Waals surface area contributed by atoms with Crippen molar-refractivity contribution in [3.05, 3.63) is 18.2 Å². The lowest BCUT2D eigenvalue weighted by atomic mass is 9.99. The van der Waals surface area contributed by atoms with E-state index >= 15 is 0 Å². The van der Waals surface area contributed by atoms with Crippen LogP contribution in [0.25, 0.3) is 11.0 Å². The van der Waals surface area contributed by atoms with E-state index in [0.29, 0.717) is 11.8 Å². The van der Waals surface area contributed by atoms with Gasteiger partial charge in [-0.3, -0.25) is 4.79 Å². The Kier molecular flexibility index (Phi) is 7.32. The molecule has 0 saturated heterocycles. The second kappa shape index (κ2) is 9.47. The highest BCUT2D eigenvalue weighted by atomic mass is 32.2. The molecule has 2 N–H and O–H groups in total. The number of ether oxygens (including phenoxy) is 2. The number of carbonyl (C=O) groups excluding carboxylic acids is 2. The van der Waals surface area contributed by atoms with Crippen LogP contribution in [0.1, 0.15) is 27.2 Å². The van der Waals surface area contributed by atoms with Gasteiger partial charge < -0.3 is 19.8 Å². The van der Waals surface area contributed by atoms with E-state index in [0.717, 1.165) is 23.2 Å². The van der Waals surface area contributed by atoms with Crippen molar-refractivity contribution in [3.63, 3.8) is 0 Å². The monoisotopic (exact) mass is 379 g/mol. The summed E-state index contributed by atoms with van der Waals surface area (Å²) in [5, 5.41) is 3.39. The van der Waals surface area contributed by atoms with Crippen molar-refractivity contribution in [2.75, 3.05) is 19.5 Å². The molecule has 0 spiro atoms. The molecule has 1 aromatic heterocycles. The summed E-state index contributed by atoms with van der Waals surface area (Å²) in [6.07, 6.45) is 0.763. The highest BCUT2D eigenvalue weighted by molar-refractivity contribution is 7.99. The number of H-pyrrole nitrogens is 1. The Morgan fingerprint density at radius 3 is 2.77 bits per heavy atom. The molecule has 8 heteroatoms. The molecular weight excluding hydrogens is 354 g/mol. The molecule has 1 amide bonds. The second-order valence-electron chi connectivity index (χ2n) is 5.90. The number of amides is 1. The van der Waals surface area contributed by atoms with Crippen LogP contribution in [0.5, 0.6) is 5.75 Å². The summed E-state index contributed by atoms with van der Waals surface area (Å²) in [6.45, 7) is 6.40. The van der Waals surface area contributed by atoms with Crippen LogP contribution in [0, 0.1) is 5.92 Å². The van der Waals surface area contributed by atoms with E-state index in [1.54, 1.807) is 0 Å². The Morgan fingerprint density at radius 2 is 2.12 bits per heavy atom. The molecule has 142 valence electrons. The number of methoxy groups -OCH3 is 1. The summed E-state index contributed by atoms with van der Waals surface area (Å²) in [5.74, 6) is 0.264. The van der Waals surface area contributed by atoms with Crippen molar-refractivity contribution in [3.8, 4) is 5.75 Å². The van der Waals surface area contributed by atoms with Crippen LogP contribution < -0.4 is 10.1 Å². The molecule has 0 unspecified atom stereocenters. The fourth-order valence-corrected chi connectivity index (χ4v) is 3.13. The predicted octanol–water partition coefficient (Wildman–Crippen LogP) is 2.76. The summed E-state index contributed by atoms with van der Waals surface area (Å²) >= 11 is 1.28. The lowest BCUT2D eigenvalue weighted by Crippen LogP contribution is -2.46. The van der Waals surface area contributed by atoms with Crippen molar-refractivity contribution in [2.24, 2.45) is 5.92 Å². The van der Waals surface area contributed by atoms with Gasteiger partial charge in [-0.2, -0.15) is 0 Å². The maximum atomic E-state index is 12.2. The van der Waals surface area contributed by atoms with E-state index in [4.69, 9.17) is 9.47 Å². The Balaban J connectivity index is 1.97. The van der Waals surface area contributed by atoms with Gasteiger partial charge in [0.15, 0.2) is 5.16 Å². The van der Waals surface area contributed by atoms with Crippen LogP contribution in [0.4, 0.5) is 0 Å². The lowest BCUT2D eigenvalue weighted by Gasteiger charge is -2.21. The summed E-state index contributed by atoms with van der Waals surface area (Å²) in [7, 11) is 1.32. The molecule has 0 saturated carbocycles. The Morgan fingerprint density at radius 1 is 1.35 bits per heavy atom. The van der Waals surface area contributed by atoms with Crippen molar-refractivity contribution in [1.29, 1.82) is 0 Å². The van der Waals surface area contributed by atoms with Crippen LogP contribution in [0.2, 0.25) is 0 Å². The van der Waals surface area contributed by atoms with Gasteiger partial charge in [-0.15, -0.1) is 0 Å². The van der Waals surface area contributed by atoms with Gasteiger partial charge in [0.25, 0.3) is 0 Å². The minimum atomic E-state index is -0.637. The van der Waals surface area contributed by atoms with E-state index in [2.05, 4.69) is 15.3 Å². The molecule has 2 rings (SSSR count). The largest absolute Gasteiger partial charge is 0.494 e. The van der Waals surface area contributed by atoms with E-state index < -0.39 is 12.0 Å². The molecule has 0 aliphatic rings. The maximum Gasteiger partial charge on any atom is 0.328 e. The topological polar surface area (TPSA) is 93.3 Å². The number of carbonyl (C=O) groups is 2. The van der Waals surface area contributed by atoms with Gasteiger partial charge in [-0.25, -0.2) is 9.78 Å². The maximum absolute atomic E-state index is 12.2. The molecule has 2 atom stereocenters. The van der Waals surface area contributed by atoms with Gasteiger partial charge in [-0.1, -0.05) is 32.0 Å². The average molecular weight is 379 g/mol. The molecule has 0 fully saturated rings. The first-order valence-electron chi connectivity index (χ1n) is 8.61. The number of nitrogens with one attached hydrogen (secondary N) is 2. The van der Waals surface area contributed by atoms with E-state index in [9.17, 15) is 9.59 Å². The van der Waals surface area contributed by atoms with Gasteiger partial charge in [0.05, 0.1) is 30.5 Å². The molecule has 0 bridgehead atoms. The normalized spacial score (nSPS) is 13.2. The molecule has 1 heterocycles.